The van der Waals surface area contributed by atoms with Crippen molar-refractivity contribution in [3.63, 3.8) is 0 Å². The zero-order chi connectivity index (χ0) is 11.7. The van der Waals surface area contributed by atoms with E-state index in [0.717, 1.165) is 0 Å². The maximum atomic E-state index is 11.7. The van der Waals surface area contributed by atoms with Gasteiger partial charge in [0.15, 0.2) is 11.4 Å². The van der Waals surface area contributed by atoms with Gasteiger partial charge in [-0.2, -0.15) is 4.98 Å². The van der Waals surface area contributed by atoms with E-state index < -0.39 is 0 Å². The quantitative estimate of drug-likeness (QED) is 0.695. The number of hydrogen-bond acceptors (Lipinski definition) is 4. The van der Waals surface area contributed by atoms with E-state index in [1.54, 1.807) is 32.2 Å². The van der Waals surface area contributed by atoms with Crippen LogP contribution in [0.3, 0.4) is 0 Å². The summed E-state index contributed by atoms with van der Waals surface area (Å²) in [7, 11) is 1.73. The lowest BCUT2D eigenvalue weighted by atomic mass is 10.1. The van der Waals surface area contributed by atoms with Crippen molar-refractivity contribution in [3.8, 4) is 0 Å². The van der Waals surface area contributed by atoms with Gasteiger partial charge in [-0.05, 0) is 25.1 Å². The smallest absolute Gasteiger partial charge is 0.295 e. The van der Waals surface area contributed by atoms with Gasteiger partial charge in [0.05, 0.1) is 4.83 Å². The minimum absolute atomic E-state index is 0.0379. The highest BCUT2D eigenvalue weighted by Crippen LogP contribution is 2.21. The summed E-state index contributed by atoms with van der Waals surface area (Å²) in [6.07, 6.45) is 0. The largest absolute Gasteiger partial charge is 0.424 e. The SMILES string of the molecule is CNc1nc2cc(C(=O)C(C)Br)ccc2o1. The third-order valence-electron chi connectivity index (χ3n) is 2.25. The Morgan fingerprint density at radius 3 is 2.94 bits per heavy atom. The molecule has 84 valence electrons. The van der Waals surface area contributed by atoms with Crippen molar-refractivity contribution in [3.05, 3.63) is 23.8 Å². The molecular weight excluding hydrogens is 272 g/mol. The second-order valence-corrected chi connectivity index (χ2v) is 4.81. The summed E-state index contributed by atoms with van der Waals surface area (Å²) in [5.74, 6) is 0.0379. The van der Waals surface area contributed by atoms with Crippen LogP contribution in [0.4, 0.5) is 6.01 Å². The number of alkyl halides is 1. The van der Waals surface area contributed by atoms with Crippen LogP contribution in [-0.2, 0) is 0 Å². The van der Waals surface area contributed by atoms with Gasteiger partial charge in [-0.3, -0.25) is 4.79 Å². The van der Waals surface area contributed by atoms with E-state index in [1.165, 1.54) is 0 Å². The molecule has 1 heterocycles. The van der Waals surface area contributed by atoms with Crippen LogP contribution < -0.4 is 5.32 Å². The summed E-state index contributed by atoms with van der Waals surface area (Å²) in [5, 5.41) is 2.82. The lowest BCUT2D eigenvalue weighted by Crippen LogP contribution is -2.09. The first kappa shape index (κ1) is 11.1. The molecule has 5 heteroatoms. The lowest BCUT2D eigenvalue weighted by molar-refractivity contribution is 0.0996. The van der Waals surface area contributed by atoms with E-state index in [2.05, 4.69) is 26.2 Å². The lowest BCUT2D eigenvalue weighted by Gasteiger charge is -2.01. The Kier molecular flexibility index (Phi) is 2.96. The van der Waals surface area contributed by atoms with Crippen molar-refractivity contribution in [1.29, 1.82) is 0 Å². The molecular formula is C11H11BrN2O2. The van der Waals surface area contributed by atoms with E-state index in [9.17, 15) is 4.79 Å². The maximum absolute atomic E-state index is 11.7. The number of ketones is 1. The molecule has 0 amide bonds. The Labute approximate surface area is 101 Å². The number of carbonyl (C=O) groups is 1. The van der Waals surface area contributed by atoms with Gasteiger partial charge in [0.1, 0.15) is 5.52 Å². The van der Waals surface area contributed by atoms with Gasteiger partial charge >= 0.3 is 0 Å². The fourth-order valence-corrected chi connectivity index (χ4v) is 1.68. The van der Waals surface area contributed by atoms with Crippen molar-refractivity contribution >= 4 is 38.8 Å². The van der Waals surface area contributed by atoms with Gasteiger partial charge in [0.2, 0.25) is 0 Å². The Bertz CT molecular complexity index is 534. The van der Waals surface area contributed by atoms with Crippen LogP contribution >= 0.6 is 15.9 Å². The standard InChI is InChI=1S/C11H11BrN2O2/c1-6(12)10(15)7-3-4-9-8(5-7)14-11(13-2)16-9/h3-6H,1-2H3,(H,13,14). The zero-order valence-electron chi connectivity index (χ0n) is 8.95. The molecule has 0 radical (unpaired) electrons. The van der Waals surface area contributed by atoms with Crippen LogP contribution in [0.5, 0.6) is 0 Å². The summed E-state index contributed by atoms with van der Waals surface area (Å²) in [6.45, 7) is 1.80. The first-order valence-electron chi connectivity index (χ1n) is 4.88. The molecule has 1 aromatic carbocycles. The zero-order valence-corrected chi connectivity index (χ0v) is 10.5. The Morgan fingerprint density at radius 1 is 1.56 bits per heavy atom. The average Bonchev–Trinajstić information content (AvgIpc) is 2.69. The first-order chi connectivity index (χ1) is 7.61. The van der Waals surface area contributed by atoms with Crippen LogP contribution in [0, 0.1) is 0 Å². The van der Waals surface area contributed by atoms with E-state index in [0.29, 0.717) is 22.7 Å². The van der Waals surface area contributed by atoms with Gasteiger partial charge in [-0.1, -0.05) is 15.9 Å². The van der Waals surface area contributed by atoms with E-state index in [-0.39, 0.29) is 10.6 Å². The molecule has 0 aliphatic rings. The van der Waals surface area contributed by atoms with Crippen LogP contribution in [-0.4, -0.2) is 22.6 Å². The van der Waals surface area contributed by atoms with Gasteiger partial charge in [0.25, 0.3) is 6.01 Å². The topological polar surface area (TPSA) is 55.1 Å². The molecule has 2 aromatic rings. The van der Waals surface area contributed by atoms with Gasteiger partial charge < -0.3 is 9.73 Å². The van der Waals surface area contributed by atoms with Crippen LogP contribution in [0.15, 0.2) is 22.6 Å². The number of aromatic nitrogens is 1. The Hall–Kier alpha value is -1.36. The number of halogens is 1. The van der Waals surface area contributed by atoms with Crippen molar-refractivity contribution in [2.24, 2.45) is 0 Å². The number of rotatable bonds is 3. The molecule has 0 aliphatic heterocycles. The average molecular weight is 283 g/mol. The highest BCUT2D eigenvalue weighted by atomic mass is 79.9. The summed E-state index contributed by atoms with van der Waals surface area (Å²) in [5.41, 5.74) is 1.99. The minimum atomic E-state index is -0.194. The first-order valence-corrected chi connectivity index (χ1v) is 5.80. The Balaban J connectivity index is 2.47. The van der Waals surface area contributed by atoms with Gasteiger partial charge in [-0.15, -0.1) is 0 Å². The Morgan fingerprint density at radius 2 is 2.31 bits per heavy atom. The maximum Gasteiger partial charge on any atom is 0.295 e. The predicted octanol–water partition coefficient (Wildman–Crippen LogP) is 2.84. The van der Waals surface area contributed by atoms with Crippen molar-refractivity contribution in [1.82, 2.24) is 4.98 Å². The molecule has 1 atom stereocenters. The molecule has 4 nitrogen and oxygen atoms in total. The van der Waals surface area contributed by atoms with E-state index in [4.69, 9.17) is 4.42 Å². The monoisotopic (exact) mass is 282 g/mol. The fourth-order valence-electron chi connectivity index (χ4n) is 1.42. The van der Waals surface area contributed by atoms with Crippen LogP contribution in [0.25, 0.3) is 11.1 Å². The van der Waals surface area contributed by atoms with Crippen LogP contribution in [0.2, 0.25) is 0 Å². The highest BCUT2D eigenvalue weighted by Gasteiger charge is 2.13. The van der Waals surface area contributed by atoms with E-state index in [1.807, 2.05) is 0 Å². The molecule has 2 rings (SSSR count). The number of fused-ring (bicyclic) bond motifs is 1. The summed E-state index contributed by atoms with van der Waals surface area (Å²) in [6, 6.07) is 5.69. The molecule has 0 spiro atoms. The highest BCUT2D eigenvalue weighted by molar-refractivity contribution is 9.10. The molecule has 0 bridgehead atoms. The molecule has 1 aromatic heterocycles. The van der Waals surface area contributed by atoms with Crippen molar-refractivity contribution in [2.45, 2.75) is 11.8 Å². The minimum Gasteiger partial charge on any atom is -0.424 e. The van der Waals surface area contributed by atoms with Gasteiger partial charge in [0, 0.05) is 12.6 Å². The normalized spacial score (nSPS) is 12.7. The number of nitrogens with one attached hydrogen (secondary N) is 1. The molecule has 1 N–H and O–H groups in total. The number of nitrogens with zero attached hydrogens (tertiary/aromatic N) is 1. The number of anilines is 1. The number of benzene rings is 1. The fraction of sp³-hybridized carbons (Fsp3) is 0.273. The van der Waals surface area contributed by atoms with Gasteiger partial charge in [-0.25, -0.2) is 0 Å². The molecule has 0 aliphatic carbocycles. The van der Waals surface area contributed by atoms with Crippen molar-refractivity contribution < 1.29 is 9.21 Å². The summed E-state index contributed by atoms with van der Waals surface area (Å²) < 4.78 is 5.37. The summed E-state index contributed by atoms with van der Waals surface area (Å²) >= 11 is 3.25. The van der Waals surface area contributed by atoms with Crippen molar-refractivity contribution in [2.75, 3.05) is 12.4 Å². The summed E-state index contributed by atoms with van der Waals surface area (Å²) in [4.78, 5) is 15.7. The number of oxazole rings is 1. The molecule has 0 saturated heterocycles. The van der Waals surface area contributed by atoms with Crippen LogP contribution in [0.1, 0.15) is 17.3 Å². The number of Topliss-reactive ketones (excluding diaryl/α,β-unsaturated/α-hetero) is 1. The molecule has 0 saturated carbocycles. The molecule has 0 fully saturated rings. The third-order valence-corrected chi connectivity index (χ3v) is 2.66. The second kappa shape index (κ2) is 4.25. The molecule has 1 unspecified atom stereocenters. The number of carbonyl (C=O) groups excluding carboxylic acids is 1. The predicted molar refractivity (Wildman–Crippen MR) is 66.3 cm³/mol. The molecule has 16 heavy (non-hydrogen) atoms. The number of hydrogen-bond donors (Lipinski definition) is 1. The van der Waals surface area contributed by atoms with E-state index >= 15 is 0 Å². The third kappa shape index (κ3) is 1.95. The second-order valence-electron chi connectivity index (χ2n) is 3.43.